The van der Waals surface area contributed by atoms with Crippen molar-refractivity contribution in [1.82, 2.24) is 4.90 Å². The maximum absolute atomic E-state index is 13.1. The molecule has 1 amide bonds. The Balaban J connectivity index is 1.58. The van der Waals surface area contributed by atoms with Crippen molar-refractivity contribution >= 4 is 12.0 Å². The molecule has 0 bridgehead atoms. The van der Waals surface area contributed by atoms with E-state index in [9.17, 15) is 4.79 Å². The largest absolute Gasteiger partial charge is 0.497 e. The monoisotopic (exact) mass is 383 g/mol. The molecule has 1 atom stereocenters. The van der Waals surface area contributed by atoms with E-state index in [1.54, 1.807) is 13.2 Å². The highest BCUT2D eigenvalue weighted by Gasteiger charge is 2.29. The summed E-state index contributed by atoms with van der Waals surface area (Å²) >= 11 is 0. The first-order chi connectivity index (χ1) is 14.2. The highest BCUT2D eigenvalue weighted by Crippen LogP contribution is 2.32. The van der Waals surface area contributed by atoms with Crippen molar-refractivity contribution in [2.24, 2.45) is 0 Å². The van der Waals surface area contributed by atoms with Gasteiger partial charge in [0.25, 0.3) is 0 Å². The fourth-order valence-corrected chi connectivity index (χ4v) is 3.95. The summed E-state index contributed by atoms with van der Waals surface area (Å²) in [6.45, 7) is 0.736. The standard InChI is InChI=1S/C26H25NO2/c1-29-23-14-11-20(12-15-23)13-16-26(28)27-18-17-22-9-5-6-10-24(22)25(27)19-21-7-3-2-4-8-21/h2-16,25H,17-19H2,1H3. The van der Waals surface area contributed by atoms with Crippen molar-refractivity contribution in [3.05, 3.63) is 107 Å². The molecule has 0 fully saturated rings. The molecule has 0 spiro atoms. The van der Waals surface area contributed by atoms with Gasteiger partial charge in [0.2, 0.25) is 5.91 Å². The molecular weight excluding hydrogens is 358 g/mol. The Bertz CT molecular complexity index is 993. The van der Waals surface area contributed by atoms with Crippen LogP contribution < -0.4 is 4.74 Å². The fraction of sp³-hybridized carbons (Fsp3) is 0.192. The number of methoxy groups -OCH3 is 1. The van der Waals surface area contributed by atoms with Gasteiger partial charge in [-0.2, -0.15) is 0 Å². The molecule has 0 aliphatic carbocycles. The van der Waals surface area contributed by atoms with Gasteiger partial charge in [-0.15, -0.1) is 0 Å². The zero-order valence-electron chi connectivity index (χ0n) is 16.6. The van der Waals surface area contributed by atoms with Gasteiger partial charge in [0.05, 0.1) is 13.2 Å². The number of hydrogen-bond donors (Lipinski definition) is 0. The van der Waals surface area contributed by atoms with Crippen LogP contribution in [0, 0.1) is 0 Å². The highest BCUT2D eigenvalue weighted by atomic mass is 16.5. The summed E-state index contributed by atoms with van der Waals surface area (Å²) in [5.74, 6) is 0.861. The third kappa shape index (κ3) is 4.40. The Morgan fingerprint density at radius 1 is 1.00 bits per heavy atom. The molecule has 3 heteroatoms. The van der Waals surface area contributed by atoms with Crippen LogP contribution in [-0.4, -0.2) is 24.5 Å². The van der Waals surface area contributed by atoms with Gasteiger partial charge in [-0.05, 0) is 53.3 Å². The lowest BCUT2D eigenvalue weighted by Gasteiger charge is -2.37. The number of carbonyl (C=O) groups is 1. The lowest BCUT2D eigenvalue weighted by atomic mass is 9.88. The Hall–Kier alpha value is -3.33. The van der Waals surface area contributed by atoms with E-state index in [-0.39, 0.29) is 11.9 Å². The topological polar surface area (TPSA) is 29.5 Å². The van der Waals surface area contributed by atoms with Crippen LogP contribution in [-0.2, 0) is 17.6 Å². The lowest BCUT2D eigenvalue weighted by molar-refractivity contribution is -0.128. The normalized spacial score (nSPS) is 15.9. The maximum Gasteiger partial charge on any atom is 0.247 e. The molecule has 29 heavy (non-hydrogen) atoms. The van der Waals surface area contributed by atoms with E-state index < -0.39 is 0 Å². The first-order valence-electron chi connectivity index (χ1n) is 9.99. The number of ether oxygens (including phenoxy) is 1. The van der Waals surface area contributed by atoms with Gasteiger partial charge >= 0.3 is 0 Å². The van der Waals surface area contributed by atoms with Crippen molar-refractivity contribution in [3.63, 3.8) is 0 Å². The number of rotatable bonds is 5. The number of nitrogens with zero attached hydrogens (tertiary/aromatic N) is 1. The average molecular weight is 383 g/mol. The van der Waals surface area contributed by atoms with Crippen molar-refractivity contribution < 1.29 is 9.53 Å². The van der Waals surface area contributed by atoms with E-state index in [0.717, 1.165) is 30.7 Å². The highest BCUT2D eigenvalue weighted by molar-refractivity contribution is 5.92. The zero-order chi connectivity index (χ0) is 20.1. The summed E-state index contributed by atoms with van der Waals surface area (Å²) in [7, 11) is 1.65. The van der Waals surface area contributed by atoms with E-state index >= 15 is 0 Å². The SMILES string of the molecule is COc1ccc(C=CC(=O)N2CCc3ccccc3C2Cc2ccccc2)cc1. The fourth-order valence-electron chi connectivity index (χ4n) is 3.95. The van der Waals surface area contributed by atoms with Crippen LogP contribution in [0.2, 0.25) is 0 Å². The molecule has 0 saturated carbocycles. The second-order valence-electron chi connectivity index (χ2n) is 7.29. The Morgan fingerprint density at radius 3 is 2.48 bits per heavy atom. The van der Waals surface area contributed by atoms with Gasteiger partial charge in [-0.3, -0.25) is 4.79 Å². The van der Waals surface area contributed by atoms with Gasteiger partial charge in [0, 0.05) is 12.6 Å². The molecule has 0 radical (unpaired) electrons. The number of carbonyl (C=O) groups excluding carboxylic acids is 1. The minimum absolute atomic E-state index is 0.0513. The summed E-state index contributed by atoms with van der Waals surface area (Å²) in [5, 5.41) is 0. The molecule has 1 aliphatic heterocycles. The number of benzene rings is 3. The van der Waals surface area contributed by atoms with Gasteiger partial charge in [-0.1, -0.05) is 66.7 Å². The second-order valence-corrected chi connectivity index (χ2v) is 7.29. The summed E-state index contributed by atoms with van der Waals surface area (Å²) < 4.78 is 5.19. The molecule has 0 N–H and O–H groups in total. The smallest absolute Gasteiger partial charge is 0.247 e. The molecule has 0 saturated heterocycles. The van der Waals surface area contributed by atoms with Crippen molar-refractivity contribution in [1.29, 1.82) is 0 Å². The summed E-state index contributed by atoms with van der Waals surface area (Å²) in [6, 6.07) is 26.7. The van der Waals surface area contributed by atoms with Gasteiger partial charge < -0.3 is 9.64 Å². The van der Waals surface area contributed by atoms with Crippen LogP contribution in [0.3, 0.4) is 0 Å². The third-order valence-corrected chi connectivity index (χ3v) is 5.50. The second kappa shape index (κ2) is 8.78. The van der Waals surface area contributed by atoms with E-state index in [1.165, 1.54) is 16.7 Å². The minimum Gasteiger partial charge on any atom is -0.497 e. The molecule has 3 nitrogen and oxygen atoms in total. The molecule has 3 aromatic rings. The van der Waals surface area contributed by atoms with Crippen molar-refractivity contribution in [2.45, 2.75) is 18.9 Å². The van der Waals surface area contributed by atoms with Gasteiger partial charge in [0.15, 0.2) is 0 Å². The third-order valence-electron chi connectivity index (χ3n) is 5.50. The van der Waals surface area contributed by atoms with Crippen LogP contribution in [0.15, 0.2) is 84.9 Å². The predicted molar refractivity (Wildman–Crippen MR) is 117 cm³/mol. The van der Waals surface area contributed by atoms with E-state index in [1.807, 2.05) is 41.3 Å². The van der Waals surface area contributed by atoms with E-state index in [0.29, 0.717) is 0 Å². The van der Waals surface area contributed by atoms with Crippen molar-refractivity contribution in [2.75, 3.05) is 13.7 Å². The van der Waals surface area contributed by atoms with E-state index in [4.69, 9.17) is 4.74 Å². The van der Waals surface area contributed by atoms with Gasteiger partial charge in [-0.25, -0.2) is 0 Å². The maximum atomic E-state index is 13.1. The minimum atomic E-state index is 0.0513. The van der Waals surface area contributed by atoms with Crippen LogP contribution in [0.4, 0.5) is 0 Å². The molecule has 146 valence electrons. The van der Waals surface area contributed by atoms with Crippen LogP contribution in [0.25, 0.3) is 6.08 Å². The number of amides is 1. The number of hydrogen-bond acceptors (Lipinski definition) is 2. The average Bonchev–Trinajstić information content (AvgIpc) is 2.79. The first kappa shape index (κ1) is 19.0. The molecule has 4 rings (SSSR count). The Kier molecular flexibility index (Phi) is 5.76. The Labute approximate surface area is 172 Å². The summed E-state index contributed by atoms with van der Waals surface area (Å²) in [4.78, 5) is 15.1. The van der Waals surface area contributed by atoms with Crippen LogP contribution in [0.5, 0.6) is 5.75 Å². The quantitative estimate of drug-likeness (QED) is 0.575. The molecule has 1 aliphatic rings. The van der Waals surface area contributed by atoms with Crippen LogP contribution >= 0.6 is 0 Å². The molecular formula is C26H25NO2. The predicted octanol–water partition coefficient (Wildman–Crippen LogP) is 5.08. The summed E-state index contributed by atoms with van der Waals surface area (Å²) in [5.41, 5.74) is 4.83. The lowest BCUT2D eigenvalue weighted by Crippen LogP contribution is -2.40. The number of fused-ring (bicyclic) bond motifs is 1. The molecule has 1 heterocycles. The zero-order valence-corrected chi connectivity index (χ0v) is 16.6. The molecule has 0 aromatic heterocycles. The van der Waals surface area contributed by atoms with Crippen LogP contribution in [0.1, 0.15) is 28.3 Å². The molecule has 1 unspecified atom stereocenters. The molecule has 3 aromatic carbocycles. The first-order valence-corrected chi connectivity index (χ1v) is 9.99. The Morgan fingerprint density at radius 2 is 1.72 bits per heavy atom. The van der Waals surface area contributed by atoms with Gasteiger partial charge in [0.1, 0.15) is 5.75 Å². The van der Waals surface area contributed by atoms with E-state index in [2.05, 4.69) is 48.5 Å². The van der Waals surface area contributed by atoms with Crippen molar-refractivity contribution in [3.8, 4) is 5.75 Å². The summed E-state index contributed by atoms with van der Waals surface area (Å²) in [6.07, 6.45) is 5.28.